The fourth-order valence-corrected chi connectivity index (χ4v) is 2.61. The highest BCUT2D eigenvalue weighted by Gasteiger charge is 2.22. The molecule has 0 bridgehead atoms. The Morgan fingerprint density at radius 2 is 2.25 bits per heavy atom. The van der Waals surface area contributed by atoms with Crippen molar-refractivity contribution in [1.82, 2.24) is 0 Å². The zero-order valence-corrected chi connectivity index (χ0v) is 9.44. The molecule has 2 heterocycles. The highest BCUT2D eigenvalue weighted by atomic mass is 16.3. The number of rotatable bonds is 1. The maximum absolute atomic E-state index is 5.89. The van der Waals surface area contributed by atoms with E-state index in [1.807, 2.05) is 12.1 Å². The smallest absolute Gasteiger partial charge is 0.158 e. The zero-order chi connectivity index (χ0) is 11.1. The number of hydrogen-bond donors (Lipinski definition) is 1. The second kappa shape index (κ2) is 3.44. The average Bonchev–Trinajstić information content (AvgIpc) is 2.88. The van der Waals surface area contributed by atoms with Crippen LogP contribution in [0.25, 0.3) is 11.0 Å². The zero-order valence-electron chi connectivity index (χ0n) is 9.44. The standard InChI is InChI=1S/C13H16N2O/c1-9-3-2-7-15(9)12-5-4-11(14)13-10(12)6-8-16-13/h4-6,8-9H,2-3,7,14H2,1H3. The predicted molar refractivity (Wildman–Crippen MR) is 66.7 cm³/mol. The molecule has 0 saturated carbocycles. The van der Waals surface area contributed by atoms with Crippen LogP contribution in [0.2, 0.25) is 0 Å². The summed E-state index contributed by atoms with van der Waals surface area (Å²) in [7, 11) is 0. The van der Waals surface area contributed by atoms with Crippen molar-refractivity contribution < 1.29 is 4.42 Å². The Bertz CT molecular complexity index is 518. The quantitative estimate of drug-likeness (QED) is 0.745. The molecule has 16 heavy (non-hydrogen) atoms. The SMILES string of the molecule is CC1CCCN1c1ccc(N)c2occc12. The lowest BCUT2D eigenvalue weighted by molar-refractivity contribution is 0.617. The number of benzene rings is 1. The molecular weight excluding hydrogens is 200 g/mol. The molecule has 1 aromatic carbocycles. The van der Waals surface area contributed by atoms with Crippen molar-refractivity contribution in [2.45, 2.75) is 25.8 Å². The highest BCUT2D eigenvalue weighted by molar-refractivity contribution is 5.98. The third-order valence-electron chi connectivity index (χ3n) is 3.49. The molecule has 1 fully saturated rings. The van der Waals surface area contributed by atoms with Crippen molar-refractivity contribution in [3.63, 3.8) is 0 Å². The van der Waals surface area contributed by atoms with Gasteiger partial charge in [0.1, 0.15) is 0 Å². The summed E-state index contributed by atoms with van der Waals surface area (Å²) in [5.74, 6) is 0. The summed E-state index contributed by atoms with van der Waals surface area (Å²) in [6.45, 7) is 3.40. The third-order valence-corrected chi connectivity index (χ3v) is 3.49. The number of fused-ring (bicyclic) bond motifs is 1. The van der Waals surface area contributed by atoms with Crippen molar-refractivity contribution in [1.29, 1.82) is 0 Å². The Morgan fingerprint density at radius 1 is 1.38 bits per heavy atom. The van der Waals surface area contributed by atoms with Crippen molar-refractivity contribution in [2.75, 3.05) is 17.2 Å². The first-order chi connectivity index (χ1) is 7.77. The Labute approximate surface area is 94.8 Å². The van der Waals surface area contributed by atoms with E-state index in [4.69, 9.17) is 10.2 Å². The van der Waals surface area contributed by atoms with Crippen LogP contribution in [-0.4, -0.2) is 12.6 Å². The maximum Gasteiger partial charge on any atom is 0.158 e. The van der Waals surface area contributed by atoms with Gasteiger partial charge in [-0.2, -0.15) is 0 Å². The molecular formula is C13H16N2O. The van der Waals surface area contributed by atoms with E-state index < -0.39 is 0 Å². The summed E-state index contributed by atoms with van der Waals surface area (Å²) in [5, 5.41) is 1.13. The van der Waals surface area contributed by atoms with Crippen LogP contribution in [0.1, 0.15) is 19.8 Å². The molecule has 3 nitrogen and oxygen atoms in total. The van der Waals surface area contributed by atoms with Gasteiger partial charge in [0, 0.05) is 23.7 Å². The number of furan rings is 1. The molecule has 0 spiro atoms. The lowest BCUT2D eigenvalue weighted by atomic mass is 10.1. The van der Waals surface area contributed by atoms with Gasteiger partial charge < -0.3 is 15.1 Å². The fourth-order valence-electron chi connectivity index (χ4n) is 2.61. The van der Waals surface area contributed by atoms with E-state index in [-0.39, 0.29) is 0 Å². The van der Waals surface area contributed by atoms with Gasteiger partial charge in [-0.1, -0.05) is 0 Å². The summed E-state index contributed by atoms with van der Waals surface area (Å²) >= 11 is 0. The van der Waals surface area contributed by atoms with Crippen LogP contribution >= 0.6 is 0 Å². The summed E-state index contributed by atoms with van der Waals surface area (Å²) < 4.78 is 5.43. The Hall–Kier alpha value is -1.64. The second-order valence-electron chi connectivity index (χ2n) is 4.52. The molecule has 1 aliphatic heterocycles. The van der Waals surface area contributed by atoms with Gasteiger partial charge >= 0.3 is 0 Å². The second-order valence-corrected chi connectivity index (χ2v) is 4.52. The van der Waals surface area contributed by atoms with Gasteiger partial charge in [0.2, 0.25) is 0 Å². The van der Waals surface area contributed by atoms with Crippen LogP contribution < -0.4 is 10.6 Å². The monoisotopic (exact) mass is 216 g/mol. The van der Waals surface area contributed by atoms with Crippen LogP contribution in [-0.2, 0) is 0 Å². The predicted octanol–water partition coefficient (Wildman–Crippen LogP) is 3.00. The van der Waals surface area contributed by atoms with Crippen molar-refractivity contribution in [2.24, 2.45) is 0 Å². The third kappa shape index (κ3) is 1.28. The van der Waals surface area contributed by atoms with E-state index in [1.165, 1.54) is 18.5 Å². The highest BCUT2D eigenvalue weighted by Crippen LogP contribution is 2.35. The number of nitrogens with two attached hydrogens (primary N) is 1. The summed E-state index contributed by atoms with van der Waals surface area (Å²) in [6.07, 6.45) is 4.25. The Morgan fingerprint density at radius 3 is 3.00 bits per heavy atom. The Kier molecular flexibility index (Phi) is 2.06. The normalized spacial score (nSPS) is 20.8. The summed E-state index contributed by atoms with van der Waals surface area (Å²) in [5.41, 5.74) is 8.68. The van der Waals surface area contributed by atoms with E-state index in [1.54, 1.807) is 6.26 Å². The molecule has 2 N–H and O–H groups in total. The molecule has 2 aromatic rings. The van der Waals surface area contributed by atoms with Crippen LogP contribution in [0.4, 0.5) is 11.4 Å². The van der Waals surface area contributed by atoms with Gasteiger partial charge in [0.25, 0.3) is 0 Å². The molecule has 3 rings (SSSR count). The lowest BCUT2D eigenvalue weighted by Gasteiger charge is -2.24. The molecule has 1 aliphatic rings. The number of anilines is 2. The molecule has 1 aromatic heterocycles. The molecule has 1 saturated heterocycles. The average molecular weight is 216 g/mol. The van der Waals surface area contributed by atoms with Crippen LogP contribution in [0.5, 0.6) is 0 Å². The van der Waals surface area contributed by atoms with E-state index in [0.29, 0.717) is 6.04 Å². The van der Waals surface area contributed by atoms with Gasteiger partial charge in [0.05, 0.1) is 12.0 Å². The van der Waals surface area contributed by atoms with E-state index in [0.717, 1.165) is 23.2 Å². The number of nitrogen functional groups attached to an aromatic ring is 1. The first-order valence-electron chi connectivity index (χ1n) is 5.79. The number of hydrogen-bond acceptors (Lipinski definition) is 3. The minimum atomic E-state index is 0.613. The van der Waals surface area contributed by atoms with Crippen molar-refractivity contribution >= 4 is 22.3 Å². The van der Waals surface area contributed by atoms with Gasteiger partial charge in [-0.25, -0.2) is 0 Å². The van der Waals surface area contributed by atoms with Gasteiger partial charge in [-0.15, -0.1) is 0 Å². The van der Waals surface area contributed by atoms with Gasteiger partial charge in [-0.3, -0.25) is 0 Å². The summed E-state index contributed by atoms with van der Waals surface area (Å²) in [6, 6.07) is 6.66. The van der Waals surface area contributed by atoms with E-state index in [2.05, 4.69) is 17.9 Å². The molecule has 0 radical (unpaired) electrons. The molecule has 0 amide bonds. The molecule has 0 aliphatic carbocycles. The van der Waals surface area contributed by atoms with E-state index >= 15 is 0 Å². The molecule has 3 heteroatoms. The lowest BCUT2D eigenvalue weighted by Crippen LogP contribution is -2.26. The van der Waals surface area contributed by atoms with Crippen LogP contribution in [0, 0.1) is 0 Å². The molecule has 1 atom stereocenters. The molecule has 1 unspecified atom stereocenters. The van der Waals surface area contributed by atoms with Crippen LogP contribution in [0.3, 0.4) is 0 Å². The first kappa shape index (κ1) is 9.58. The maximum atomic E-state index is 5.89. The van der Waals surface area contributed by atoms with Gasteiger partial charge in [-0.05, 0) is 38.0 Å². The number of nitrogens with zero attached hydrogens (tertiary/aromatic N) is 1. The first-order valence-corrected chi connectivity index (χ1v) is 5.79. The van der Waals surface area contributed by atoms with Crippen molar-refractivity contribution in [3.05, 3.63) is 24.5 Å². The minimum absolute atomic E-state index is 0.613. The van der Waals surface area contributed by atoms with E-state index in [9.17, 15) is 0 Å². The van der Waals surface area contributed by atoms with Gasteiger partial charge in [0.15, 0.2) is 5.58 Å². The fraction of sp³-hybridized carbons (Fsp3) is 0.385. The Balaban J connectivity index is 2.16. The van der Waals surface area contributed by atoms with Crippen molar-refractivity contribution in [3.8, 4) is 0 Å². The minimum Gasteiger partial charge on any atom is -0.462 e. The summed E-state index contributed by atoms with van der Waals surface area (Å²) in [4.78, 5) is 2.44. The topological polar surface area (TPSA) is 42.4 Å². The molecule has 84 valence electrons. The largest absolute Gasteiger partial charge is 0.462 e. The van der Waals surface area contributed by atoms with Crippen LogP contribution in [0.15, 0.2) is 28.9 Å².